The third-order valence-corrected chi connectivity index (χ3v) is 1.09. The molecule has 1 rings (SSSR count). The van der Waals surface area contributed by atoms with E-state index in [9.17, 15) is 0 Å². The van der Waals surface area contributed by atoms with Gasteiger partial charge in [-0.3, -0.25) is 0 Å². The molecule has 0 spiro atoms. The second kappa shape index (κ2) is 3.34. The van der Waals surface area contributed by atoms with Crippen molar-refractivity contribution in [1.82, 2.24) is 15.4 Å². The fraction of sp³-hybridized carbons (Fsp3) is 0.200. The summed E-state index contributed by atoms with van der Waals surface area (Å²) < 4.78 is 0. The van der Waals surface area contributed by atoms with Crippen LogP contribution in [0.15, 0.2) is 12.4 Å². The molecule has 1 heterocycles. The third kappa shape index (κ3) is 1.82. The highest BCUT2D eigenvalue weighted by molar-refractivity contribution is 6.29. The van der Waals surface area contributed by atoms with Gasteiger partial charge in [0.25, 0.3) is 0 Å². The Hall–Kier alpha value is -0.870. The van der Waals surface area contributed by atoms with Crippen molar-refractivity contribution >= 4 is 17.4 Å². The van der Waals surface area contributed by atoms with Crippen LogP contribution in [0.3, 0.4) is 0 Å². The van der Waals surface area contributed by atoms with E-state index >= 15 is 0 Å². The Balaban J connectivity index is 2.75. The van der Waals surface area contributed by atoms with Crippen LogP contribution >= 0.6 is 11.6 Å². The van der Waals surface area contributed by atoms with Crippen LogP contribution in [0, 0.1) is 0 Å². The summed E-state index contributed by atoms with van der Waals surface area (Å²) in [4.78, 5) is 7.57. The van der Waals surface area contributed by atoms with E-state index in [1.807, 2.05) is 0 Å². The van der Waals surface area contributed by atoms with Crippen molar-refractivity contribution in [2.24, 2.45) is 0 Å². The number of nitrogens with one attached hydrogen (secondary N) is 2. The Morgan fingerprint density at radius 3 is 2.90 bits per heavy atom. The van der Waals surface area contributed by atoms with Crippen LogP contribution < -0.4 is 10.9 Å². The monoisotopic (exact) mass is 158 g/mol. The lowest BCUT2D eigenvalue weighted by molar-refractivity contribution is 0.958. The summed E-state index contributed by atoms with van der Waals surface area (Å²) in [6, 6.07) is 1.62. The molecule has 10 heavy (non-hydrogen) atoms. The van der Waals surface area contributed by atoms with Gasteiger partial charge in [-0.15, -0.1) is 0 Å². The normalized spacial score (nSPS) is 9.40. The van der Waals surface area contributed by atoms with Crippen LogP contribution in [-0.4, -0.2) is 17.0 Å². The zero-order valence-electron chi connectivity index (χ0n) is 5.43. The fourth-order valence-electron chi connectivity index (χ4n) is 0.530. The average molecular weight is 159 g/mol. The summed E-state index contributed by atoms with van der Waals surface area (Å²) in [6.07, 6.45) is 1.39. The second-order valence-corrected chi connectivity index (χ2v) is 1.99. The number of aromatic nitrogens is 2. The molecule has 0 aromatic carbocycles. The minimum atomic E-state index is 0.424. The molecule has 0 amide bonds. The number of rotatable bonds is 2. The van der Waals surface area contributed by atoms with E-state index in [1.54, 1.807) is 13.1 Å². The summed E-state index contributed by atoms with van der Waals surface area (Å²) in [5, 5.41) is 0.424. The van der Waals surface area contributed by atoms with E-state index < -0.39 is 0 Å². The van der Waals surface area contributed by atoms with E-state index in [4.69, 9.17) is 11.6 Å². The zero-order chi connectivity index (χ0) is 7.40. The molecule has 0 unspecified atom stereocenters. The summed E-state index contributed by atoms with van der Waals surface area (Å²) >= 11 is 5.56. The smallest absolute Gasteiger partial charge is 0.145 e. The predicted molar refractivity (Wildman–Crippen MR) is 39.7 cm³/mol. The minimum Gasteiger partial charge on any atom is -0.306 e. The lowest BCUT2D eigenvalue weighted by Gasteiger charge is -2.00. The Morgan fingerprint density at radius 2 is 2.30 bits per heavy atom. The standard InChI is InChI=1S/C5H7ClN4/c1-7-10-5-2-4(6)8-3-9-5/h2-3,7H,1H3,(H,8,9,10). The van der Waals surface area contributed by atoms with Crippen LogP contribution in [-0.2, 0) is 0 Å². The van der Waals surface area contributed by atoms with Gasteiger partial charge in [-0.1, -0.05) is 11.6 Å². The van der Waals surface area contributed by atoms with Gasteiger partial charge in [-0.2, -0.15) is 0 Å². The quantitative estimate of drug-likeness (QED) is 0.491. The Morgan fingerprint density at radius 1 is 1.50 bits per heavy atom. The first-order valence-electron chi connectivity index (χ1n) is 2.73. The van der Waals surface area contributed by atoms with Crippen molar-refractivity contribution in [2.45, 2.75) is 0 Å². The van der Waals surface area contributed by atoms with Crippen molar-refractivity contribution in [2.75, 3.05) is 12.5 Å². The van der Waals surface area contributed by atoms with Crippen molar-refractivity contribution < 1.29 is 0 Å². The molecular formula is C5H7ClN4. The third-order valence-electron chi connectivity index (χ3n) is 0.887. The molecule has 0 saturated heterocycles. The van der Waals surface area contributed by atoms with E-state index in [2.05, 4.69) is 20.8 Å². The SMILES string of the molecule is CNNc1cc(Cl)ncn1. The van der Waals surface area contributed by atoms with Crippen LogP contribution in [0.5, 0.6) is 0 Å². The Bertz CT molecular complexity index is 215. The summed E-state index contributed by atoms with van der Waals surface area (Å²) in [6.45, 7) is 0. The van der Waals surface area contributed by atoms with Crippen LogP contribution in [0.2, 0.25) is 5.15 Å². The molecule has 0 aliphatic heterocycles. The molecule has 4 nitrogen and oxygen atoms in total. The lowest BCUT2D eigenvalue weighted by Crippen LogP contribution is -2.15. The topological polar surface area (TPSA) is 49.8 Å². The average Bonchev–Trinajstić information content (AvgIpc) is 1.88. The van der Waals surface area contributed by atoms with Gasteiger partial charge in [0.1, 0.15) is 17.3 Å². The molecule has 0 radical (unpaired) electrons. The molecule has 2 N–H and O–H groups in total. The van der Waals surface area contributed by atoms with Crippen molar-refractivity contribution in [3.63, 3.8) is 0 Å². The molecule has 54 valence electrons. The molecule has 0 fully saturated rings. The molecule has 0 saturated carbocycles. The zero-order valence-corrected chi connectivity index (χ0v) is 6.18. The van der Waals surface area contributed by atoms with Gasteiger partial charge in [-0.25, -0.2) is 15.4 Å². The van der Waals surface area contributed by atoms with Gasteiger partial charge in [-0.05, 0) is 0 Å². The number of hydrogen-bond donors (Lipinski definition) is 2. The first kappa shape index (κ1) is 7.24. The lowest BCUT2D eigenvalue weighted by atomic mass is 10.6. The summed E-state index contributed by atoms with van der Waals surface area (Å²) in [5.74, 6) is 0.655. The highest BCUT2D eigenvalue weighted by Gasteiger charge is 1.91. The highest BCUT2D eigenvalue weighted by atomic mass is 35.5. The molecule has 5 heteroatoms. The van der Waals surface area contributed by atoms with Gasteiger partial charge >= 0.3 is 0 Å². The molecule has 0 aliphatic rings. The van der Waals surface area contributed by atoms with E-state index in [0.717, 1.165) is 0 Å². The maximum atomic E-state index is 5.56. The van der Waals surface area contributed by atoms with Gasteiger partial charge in [0, 0.05) is 13.1 Å². The molecule has 0 aliphatic carbocycles. The van der Waals surface area contributed by atoms with Gasteiger partial charge in [0.15, 0.2) is 0 Å². The minimum absolute atomic E-state index is 0.424. The van der Waals surface area contributed by atoms with Crippen molar-refractivity contribution in [3.05, 3.63) is 17.5 Å². The van der Waals surface area contributed by atoms with Crippen LogP contribution in [0.1, 0.15) is 0 Å². The van der Waals surface area contributed by atoms with E-state index in [1.165, 1.54) is 6.33 Å². The van der Waals surface area contributed by atoms with Gasteiger partial charge < -0.3 is 5.43 Å². The van der Waals surface area contributed by atoms with Crippen LogP contribution in [0.4, 0.5) is 5.82 Å². The summed E-state index contributed by atoms with van der Waals surface area (Å²) in [5.41, 5.74) is 5.48. The number of hydrogen-bond acceptors (Lipinski definition) is 4. The largest absolute Gasteiger partial charge is 0.306 e. The maximum Gasteiger partial charge on any atom is 0.145 e. The summed E-state index contributed by atoms with van der Waals surface area (Å²) in [7, 11) is 1.75. The Kier molecular flexibility index (Phi) is 2.42. The second-order valence-electron chi connectivity index (χ2n) is 1.60. The first-order chi connectivity index (χ1) is 4.83. The maximum absolute atomic E-state index is 5.56. The van der Waals surface area contributed by atoms with Crippen LogP contribution in [0.25, 0.3) is 0 Å². The number of anilines is 1. The van der Waals surface area contributed by atoms with Crippen molar-refractivity contribution in [1.29, 1.82) is 0 Å². The number of halogens is 1. The fourth-order valence-corrected chi connectivity index (χ4v) is 0.677. The molecule has 1 aromatic heterocycles. The van der Waals surface area contributed by atoms with E-state index in [-0.39, 0.29) is 0 Å². The molecular weight excluding hydrogens is 152 g/mol. The van der Waals surface area contributed by atoms with E-state index in [0.29, 0.717) is 11.0 Å². The van der Waals surface area contributed by atoms with Crippen molar-refractivity contribution in [3.8, 4) is 0 Å². The highest BCUT2D eigenvalue weighted by Crippen LogP contribution is 2.06. The Labute approximate surface area is 63.6 Å². The molecule has 0 atom stereocenters. The molecule has 1 aromatic rings. The predicted octanol–water partition coefficient (Wildman–Crippen LogP) is 0.676. The number of nitrogens with zero attached hydrogens (tertiary/aromatic N) is 2. The number of hydrazine groups is 1. The first-order valence-corrected chi connectivity index (χ1v) is 3.11. The molecule has 0 bridgehead atoms. The van der Waals surface area contributed by atoms with Gasteiger partial charge in [0.05, 0.1) is 0 Å². The van der Waals surface area contributed by atoms with Gasteiger partial charge in [0.2, 0.25) is 0 Å².